The van der Waals surface area contributed by atoms with Crippen molar-refractivity contribution in [1.29, 1.82) is 0 Å². The van der Waals surface area contributed by atoms with Crippen LogP contribution < -0.4 is 5.32 Å². The minimum absolute atomic E-state index is 0.0664. The maximum atomic E-state index is 13.5. The van der Waals surface area contributed by atoms with E-state index in [9.17, 15) is 9.18 Å². The van der Waals surface area contributed by atoms with Crippen molar-refractivity contribution in [3.05, 3.63) is 53.9 Å². The van der Waals surface area contributed by atoms with Crippen molar-refractivity contribution in [2.75, 3.05) is 18.9 Å². The first-order valence-electron chi connectivity index (χ1n) is 8.64. The summed E-state index contributed by atoms with van der Waals surface area (Å²) in [5.41, 5.74) is 2.17. The zero-order valence-electron chi connectivity index (χ0n) is 14.7. The van der Waals surface area contributed by atoms with Crippen molar-refractivity contribution >= 4 is 22.6 Å². The van der Waals surface area contributed by atoms with Gasteiger partial charge < -0.3 is 14.8 Å². The van der Waals surface area contributed by atoms with Crippen LogP contribution in [0, 0.1) is 5.82 Å². The van der Waals surface area contributed by atoms with Crippen LogP contribution in [0.3, 0.4) is 0 Å². The minimum atomic E-state index is -0.305. The van der Waals surface area contributed by atoms with E-state index in [1.807, 2.05) is 16.5 Å². The molecule has 3 heterocycles. The number of amides is 1. The molecule has 0 unspecified atom stereocenters. The Hall–Kier alpha value is -2.96. The van der Waals surface area contributed by atoms with E-state index < -0.39 is 0 Å². The molecule has 1 N–H and O–H groups in total. The van der Waals surface area contributed by atoms with Crippen LogP contribution in [0.5, 0.6) is 0 Å². The SMILES string of the molecule is CNc1cncc([C@@H]2CCCN2C(=O)c2cc3cc(F)ccc3n2C)n1. The number of fused-ring (bicyclic) bond motifs is 1. The summed E-state index contributed by atoms with van der Waals surface area (Å²) in [7, 11) is 3.62. The number of hydrogen-bond acceptors (Lipinski definition) is 4. The predicted molar refractivity (Wildman–Crippen MR) is 97.5 cm³/mol. The van der Waals surface area contributed by atoms with Crippen molar-refractivity contribution in [3.8, 4) is 0 Å². The second-order valence-electron chi connectivity index (χ2n) is 6.53. The molecule has 4 rings (SSSR count). The first-order chi connectivity index (χ1) is 12.6. The highest BCUT2D eigenvalue weighted by Gasteiger charge is 2.33. The molecule has 1 aliphatic rings. The summed E-state index contributed by atoms with van der Waals surface area (Å²) in [5.74, 6) is 0.311. The average molecular weight is 353 g/mol. The van der Waals surface area contributed by atoms with Gasteiger partial charge in [-0.05, 0) is 37.1 Å². The molecule has 6 nitrogen and oxygen atoms in total. The van der Waals surface area contributed by atoms with Crippen LogP contribution in [0.4, 0.5) is 10.2 Å². The average Bonchev–Trinajstić information content (AvgIpc) is 3.26. The number of carbonyl (C=O) groups is 1. The van der Waals surface area contributed by atoms with Gasteiger partial charge in [0, 0.05) is 31.5 Å². The van der Waals surface area contributed by atoms with E-state index >= 15 is 0 Å². The number of likely N-dealkylation sites (tertiary alicyclic amines) is 1. The standard InChI is InChI=1S/C19H20FN5O/c1-21-18-11-22-10-14(23-18)16-4-3-7-25(16)19(26)17-9-12-8-13(20)5-6-15(12)24(17)2/h5-6,8-11,16H,3-4,7H2,1-2H3,(H,21,23)/t16-/m0/s1. The Bertz CT molecular complexity index is 983. The Kier molecular flexibility index (Phi) is 4.06. The number of anilines is 1. The molecule has 1 fully saturated rings. The molecule has 0 spiro atoms. The molecule has 26 heavy (non-hydrogen) atoms. The molecule has 0 radical (unpaired) electrons. The Balaban J connectivity index is 1.70. The van der Waals surface area contributed by atoms with Crippen LogP contribution in [0.25, 0.3) is 10.9 Å². The third-order valence-electron chi connectivity index (χ3n) is 4.99. The molecule has 0 aliphatic carbocycles. The Morgan fingerprint density at radius 1 is 1.31 bits per heavy atom. The lowest BCUT2D eigenvalue weighted by Gasteiger charge is -2.24. The van der Waals surface area contributed by atoms with Crippen molar-refractivity contribution in [2.24, 2.45) is 7.05 Å². The van der Waals surface area contributed by atoms with Crippen LogP contribution in [0.1, 0.15) is 35.1 Å². The number of nitrogens with one attached hydrogen (secondary N) is 1. The zero-order valence-corrected chi connectivity index (χ0v) is 14.7. The van der Waals surface area contributed by atoms with E-state index in [1.54, 1.807) is 31.6 Å². The summed E-state index contributed by atoms with van der Waals surface area (Å²) in [4.78, 5) is 23.8. The minimum Gasteiger partial charge on any atom is -0.372 e. The van der Waals surface area contributed by atoms with Gasteiger partial charge in [0.2, 0.25) is 0 Å². The summed E-state index contributed by atoms with van der Waals surface area (Å²) in [6.07, 6.45) is 5.14. The van der Waals surface area contributed by atoms with Crippen LogP contribution in [-0.4, -0.2) is 38.9 Å². The topological polar surface area (TPSA) is 63.1 Å². The fourth-order valence-electron chi connectivity index (χ4n) is 3.65. The van der Waals surface area contributed by atoms with Gasteiger partial charge in [0.15, 0.2) is 0 Å². The second kappa shape index (κ2) is 6.40. The molecule has 1 amide bonds. The van der Waals surface area contributed by atoms with E-state index in [1.165, 1.54) is 12.1 Å². The fraction of sp³-hybridized carbons (Fsp3) is 0.316. The Labute approximate surface area is 150 Å². The molecular formula is C19H20FN5O. The normalized spacial score (nSPS) is 17.0. The number of hydrogen-bond donors (Lipinski definition) is 1. The van der Waals surface area contributed by atoms with E-state index in [0.29, 0.717) is 18.1 Å². The van der Waals surface area contributed by atoms with Gasteiger partial charge in [0.05, 0.1) is 24.1 Å². The monoisotopic (exact) mass is 353 g/mol. The number of aryl methyl sites for hydroxylation is 1. The molecule has 1 aliphatic heterocycles. The number of aromatic nitrogens is 3. The molecular weight excluding hydrogens is 333 g/mol. The van der Waals surface area contributed by atoms with E-state index in [4.69, 9.17) is 0 Å². The zero-order chi connectivity index (χ0) is 18.3. The lowest BCUT2D eigenvalue weighted by molar-refractivity contribution is 0.0723. The molecule has 1 atom stereocenters. The fourth-order valence-corrected chi connectivity index (χ4v) is 3.65. The van der Waals surface area contributed by atoms with Crippen molar-refractivity contribution in [1.82, 2.24) is 19.4 Å². The highest BCUT2D eigenvalue weighted by atomic mass is 19.1. The van der Waals surface area contributed by atoms with Crippen molar-refractivity contribution in [3.63, 3.8) is 0 Å². The summed E-state index contributed by atoms with van der Waals surface area (Å²) < 4.78 is 15.3. The quantitative estimate of drug-likeness (QED) is 0.786. The molecule has 134 valence electrons. The molecule has 3 aromatic rings. The first kappa shape index (κ1) is 16.5. The van der Waals surface area contributed by atoms with E-state index in [-0.39, 0.29) is 17.8 Å². The van der Waals surface area contributed by atoms with Crippen LogP contribution >= 0.6 is 0 Å². The largest absolute Gasteiger partial charge is 0.372 e. The molecule has 2 aromatic heterocycles. The third kappa shape index (κ3) is 2.69. The molecule has 0 bridgehead atoms. The smallest absolute Gasteiger partial charge is 0.271 e. The first-order valence-corrected chi connectivity index (χ1v) is 8.64. The van der Waals surface area contributed by atoms with Gasteiger partial charge in [-0.15, -0.1) is 0 Å². The van der Waals surface area contributed by atoms with Gasteiger partial charge in [-0.2, -0.15) is 0 Å². The number of nitrogens with zero attached hydrogens (tertiary/aromatic N) is 4. The Morgan fingerprint density at radius 3 is 2.96 bits per heavy atom. The number of halogens is 1. The van der Waals surface area contributed by atoms with Crippen LogP contribution in [0.15, 0.2) is 36.7 Å². The van der Waals surface area contributed by atoms with E-state index in [2.05, 4.69) is 15.3 Å². The van der Waals surface area contributed by atoms with Gasteiger partial charge in [0.1, 0.15) is 17.3 Å². The van der Waals surface area contributed by atoms with E-state index in [0.717, 1.165) is 29.4 Å². The lowest BCUT2D eigenvalue weighted by Crippen LogP contribution is -2.32. The highest BCUT2D eigenvalue weighted by molar-refractivity contribution is 5.99. The van der Waals surface area contributed by atoms with Crippen molar-refractivity contribution in [2.45, 2.75) is 18.9 Å². The van der Waals surface area contributed by atoms with Crippen LogP contribution in [0.2, 0.25) is 0 Å². The van der Waals surface area contributed by atoms with Gasteiger partial charge in [-0.1, -0.05) is 0 Å². The number of benzene rings is 1. The predicted octanol–water partition coefficient (Wildman–Crippen LogP) is 3.13. The van der Waals surface area contributed by atoms with Gasteiger partial charge in [-0.3, -0.25) is 9.78 Å². The molecule has 7 heteroatoms. The summed E-state index contributed by atoms with van der Waals surface area (Å²) in [6, 6.07) is 6.22. The lowest BCUT2D eigenvalue weighted by atomic mass is 10.1. The second-order valence-corrected chi connectivity index (χ2v) is 6.53. The summed E-state index contributed by atoms with van der Waals surface area (Å²) in [6.45, 7) is 0.671. The maximum absolute atomic E-state index is 13.5. The van der Waals surface area contributed by atoms with Gasteiger partial charge in [0.25, 0.3) is 5.91 Å². The molecule has 1 saturated heterocycles. The van der Waals surface area contributed by atoms with Gasteiger partial charge in [-0.25, -0.2) is 9.37 Å². The highest BCUT2D eigenvalue weighted by Crippen LogP contribution is 2.33. The molecule has 1 aromatic carbocycles. The molecule has 0 saturated carbocycles. The summed E-state index contributed by atoms with van der Waals surface area (Å²) >= 11 is 0. The third-order valence-corrected chi connectivity index (χ3v) is 4.99. The van der Waals surface area contributed by atoms with Crippen LogP contribution in [-0.2, 0) is 7.05 Å². The number of carbonyl (C=O) groups excluding carboxylic acids is 1. The maximum Gasteiger partial charge on any atom is 0.271 e. The van der Waals surface area contributed by atoms with Gasteiger partial charge >= 0.3 is 0 Å². The Morgan fingerprint density at radius 2 is 2.15 bits per heavy atom. The summed E-state index contributed by atoms with van der Waals surface area (Å²) in [5, 5.41) is 3.71. The van der Waals surface area contributed by atoms with Crippen molar-refractivity contribution < 1.29 is 9.18 Å². The number of rotatable bonds is 3.